The van der Waals surface area contributed by atoms with E-state index in [4.69, 9.17) is 4.74 Å². The van der Waals surface area contributed by atoms with Crippen LogP contribution in [0.1, 0.15) is 57.6 Å². The first kappa shape index (κ1) is 16.0. The van der Waals surface area contributed by atoms with E-state index in [1.165, 1.54) is 37.7 Å². The van der Waals surface area contributed by atoms with Crippen LogP contribution in [-0.2, 0) is 4.74 Å². The molecule has 1 aliphatic rings. The van der Waals surface area contributed by atoms with Crippen LogP contribution in [0.25, 0.3) is 0 Å². The minimum absolute atomic E-state index is 0.151. The van der Waals surface area contributed by atoms with Gasteiger partial charge in [-0.05, 0) is 30.5 Å². The molecule has 1 unspecified atom stereocenters. The molecular weight excluding hydrogens is 314 g/mol. The van der Waals surface area contributed by atoms with E-state index < -0.39 is 0 Å². The smallest absolute Gasteiger partial charge is 0.0953 e. The van der Waals surface area contributed by atoms with Crippen LogP contribution in [0.5, 0.6) is 0 Å². The number of halogens is 1. The lowest BCUT2D eigenvalue weighted by molar-refractivity contribution is -0.0313. The summed E-state index contributed by atoms with van der Waals surface area (Å²) >= 11 is 3.56. The largest absolute Gasteiger partial charge is 0.369 e. The van der Waals surface area contributed by atoms with Crippen molar-refractivity contribution in [1.82, 2.24) is 5.32 Å². The lowest BCUT2D eigenvalue weighted by Crippen LogP contribution is -2.31. The molecule has 1 N–H and O–H groups in total. The van der Waals surface area contributed by atoms with Gasteiger partial charge in [-0.2, -0.15) is 0 Å². The van der Waals surface area contributed by atoms with Crippen molar-refractivity contribution >= 4 is 15.9 Å². The molecule has 112 valence electrons. The molecule has 0 bridgehead atoms. The van der Waals surface area contributed by atoms with Gasteiger partial charge in [0.2, 0.25) is 0 Å². The zero-order valence-corrected chi connectivity index (χ0v) is 14.2. The summed E-state index contributed by atoms with van der Waals surface area (Å²) in [6.45, 7) is 5.24. The first-order valence-electron chi connectivity index (χ1n) is 7.79. The van der Waals surface area contributed by atoms with Crippen LogP contribution >= 0.6 is 15.9 Å². The highest BCUT2D eigenvalue weighted by Crippen LogP contribution is 2.28. The molecule has 0 spiro atoms. The first-order valence-corrected chi connectivity index (χ1v) is 8.59. The molecule has 0 heterocycles. The maximum atomic E-state index is 6.40. The number of hydrogen-bond donors (Lipinski definition) is 1. The molecule has 2 rings (SSSR count). The summed E-state index contributed by atoms with van der Waals surface area (Å²) in [6.07, 6.45) is 7.00. The van der Waals surface area contributed by atoms with Crippen molar-refractivity contribution in [3.8, 4) is 0 Å². The van der Waals surface area contributed by atoms with Crippen molar-refractivity contribution in [3.63, 3.8) is 0 Å². The van der Waals surface area contributed by atoms with Crippen LogP contribution in [0.2, 0.25) is 0 Å². The Balaban J connectivity index is 2.02. The van der Waals surface area contributed by atoms with Gasteiger partial charge in [-0.25, -0.2) is 0 Å². The fourth-order valence-electron chi connectivity index (χ4n) is 2.73. The van der Waals surface area contributed by atoms with Gasteiger partial charge in [0, 0.05) is 17.1 Å². The number of hydrogen-bond acceptors (Lipinski definition) is 2. The third kappa shape index (κ3) is 5.19. The van der Waals surface area contributed by atoms with Gasteiger partial charge in [0.25, 0.3) is 0 Å². The van der Waals surface area contributed by atoms with E-state index in [-0.39, 0.29) is 6.10 Å². The molecule has 2 nitrogen and oxygen atoms in total. The van der Waals surface area contributed by atoms with Crippen molar-refractivity contribution in [2.45, 2.75) is 64.2 Å². The van der Waals surface area contributed by atoms with Gasteiger partial charge in [-0.1, -0.05) is 61.2 Å². The summed E-state index contributed by atoms with van der Waals surface area (Å²) in [7, 11) is 0. The summed E-state index contributed by atoms with van der Waals surface area (Å²) in [6, 6.07) is 8.98. The zero-order valence-electron chi connectivity index (χ0n) is 12.6. The van der Waals surface area contributed by atoms with E-state index in [2.05, 4.69) is 59.4 Å². The zero-order chi connectivity index (χ0) is 14.4. The topological polar surface area (TPSA) is 21.3 Å². The molecule has 1 atom stereocenters. The molecule has 1 saturated carbocycles. The van der Waals surface area contributed by atoms with Crippen LogP contribution in [0.15, 0.2) is 28.7 Å². The minimum Gasteiger partial charge on any atom is -0.369 e. The monoisotopic (exact) mass is 339 g/mol. The van der Waals surface area contributed by atoms with E-state index in [1.54, 1.807) is 0 Å². The molecule has 0 aliphatic heterocycles. The Labute approximate surface area is 131 Å². The van der Waals surface area contributed by atoms with E-state index in [1.807, 2.05) is 0 Å². The molecule has 1 fully saturated rings. The molecule has 0 radical (unpaired) electrons. The highest BCUT2D eigenvalue weighted by molar-refractivity contribution is 9.10. The highest BCUT2D eigenvalue weighted by Gasteiger charge is 2.20. The Morgan fingerprint density at radius 1 is 1.25 bits per heavy atom. The highest BCUT2D eigenvalue weighted by atomic mass is 79.9. The lowest BCUT2D eigenvalue weighted by atomic mass is 9.97. The second kappa shape index (κ2) is 8.16. The summed E-state index contributed by atoms with van der Waals surface area (Å²) in [5.74, 6) is 0. The molecule has 1 aromatic carbocycles. The minimum atomic E-state index is 0.151. The molecule has 0 amide bonds. The van der Waals surface area contributed by atoms with E-state index in [9.17, 15) is 0 Å². The number of nitrogens with one attached hydrogen (secondary N) is 1. The van der Waals surface area contributed by atoms with Crippen LogP contribution in [0.4, 0.5) is 0 Å². The molecule has 3 heteroatoms. The van der Waals surface area contributed by atoms with Gasteiger partial charge in [-0.15, -0.1) is 0 Å². The second-order valence-electron chi connectivity index (χ2n) is 6.00. The quantitative estimate of drug-likeness (QED) is 0.800. The number of benzene rings is 1. The Morgan fingerprint density at radius 2 is 2.00 bits per heavy atom. The molecule has 1 aliphatic carbocycles. The van der Waals surface area contributed by atoms with Gasteiger partial charge in [0.05, 0.1) is 12.2 Å². The molecule has 1 aromatic rings. The number of ether oxygens (including phenoxy) is 1. The van der Waals surface area contributed by atoms with Crippen LogP contribution < -0.4 is 5.32 Å². The summed E-state index contributed by atoms with van der Waals surface area (Å²) in [5.41, 5.74) is 1.26. The average molecular weight is 340 g/mol. The summed E-state index contributed by atoms with van der Waals surface area (Å²) in [5, 5.41) is 3.51. The Hall–Kier alpha value is -0.380. The summed E-state index contributed by atoms with van der Waals surface area (Å²) in [4.78, 5) is 0. The third-order valence-electron chi connectivity index (χ3n) is 3.84. The molecule has 0 saturated heterocycles. The first-order chi connectivity index (χ1) is 9.65. The van der Waals surface area contributed by atoms with Crippen molar-refractivity contribution in [2.75, 3.05) is 6.54 Å². The van der Waals surface area contributed by atoms with E-state index in [0.717, 1.165) is 11.0 Å². The average Bonchev–Trinajstić information content (AvgIpc) is 2.44. The fraction of sp³-hybridized carbons (Fsp3) is 0.647. The van der Waals surface area contributed by atoms with Gasteiger partial charge >= 0.3 is 0 Å². The van der Waals surface area contributed by atoms with Crippen LogP contribution in [0.3, 0.4) is 0 Å². The van der Waals surface area contributed by atoms with Crippen molar-refractivity contribution in [1.29, 1.82) is 0 Å². The van der Waals surface area contributed by atoms with Gasteiger partial charge in [0.1, 0.15) is 0 Å². The van der Waals surface area contributed by atoms with Crippen molar-refractivity contribution in [3.05, 3.63) is 34.3 Å². The number of rotatable bonds is 6. The molecule has 0 aromatic heterocycles. The van der Waals surface area contributed by atoms with E-state index >= 15 is 0 Å². The van der Waals surface area contributed by atoms with E-state index in [0.29, 0.717) is 12.1 Å². The molecule has 20 heavy (non-hydrogen) atoms. The van der Waals surface area contributed by atoms with Crippen LogP contribution in [0, 0.1) is 0 Å². The van der Waals surface area contributed by atoms with Gasteiger partial charge in [0.15, 0.2) is 0 Å². The standard InChI is InChI=1S/C17H26BrNO/c1-13(2)19-12-17(14-7-6-8-15(18)11-14)20-16-9-4-3-5-10-16/h6-8,11,13,16-17,19H,3-5,9-10,12H2,1-2H3. The third-order valence-corrected chi connectivity index (χ3v) is 4.33. The van der Waals surface area contributed by atoms with Crippen LogP contribution in [-0.4, -0.2) is 18.7 Å². The summed E-state index contributed by atoms with van der Waals surface area (Å²) < 4.78 is 7.52. The predicted octanol–water partition coefficient (Wildman–Crippen LogP) is 4.84. The fourth-order valence-corrected chi connectivity index (χ4v) is 3.14. The normalized spacial score (nSPS) is 18.4. The molecular formula is C17H26BrNO. The SMILES string of the molecule is CC(C)NCC(OC1CCCCC1)c1cccc(Br)c1. The Morgan fingerprint density at radius 3 is 2.65 bits per heavy atom. The lowest BCUT2D eigenvalue weighted by Gasteiger charge is -2.29. The second-order valence-corrected chi connectivity index (χ2v) is 6.92. The Bertz CT molecular complexity index is 402. The van der Waals surface area contributed by atoms with Gasteiger partial charge in [-0.3, -0.25) is 0 Å². The van der Waals surface area contributed by atoms with Crippen molar-refractivity contribution < 1.29 is 4.74 Å². The Kier molecular flexibility index (Phi) is 6.53. The maximum Gasteiger partial charge on any atom is 0.0953 e. The van der Waals surface area contributed by atoms with Gasteiger partial charge < -0.3 is 10.1 Å². The predicted molar refractivity (Wildman–Crippen MR) is 88.0 cm³/mol. The van der Waals surface area contributed by atoms with Crippen molar-refractivity contribution in [2.24, 2.45) is 0 Å². The maximum absolute atomic E-state index is 6.40.